The van der Waals surface area contributed by atoms with Crippen molar-refractivity contribution in [3.05, 3.63) is 35.7 Å². The maximum Gasteiger partial charge on any atom is 0.453 e. The van der Waals surface area contributed by atoms with E-state index < -0.39 is 30.8 Å². The third-order valence-corrected chi connectivity index (χ3v) is 3.24. The fourth-order valence-electron chi connectivity index (χ4n) is 2.03. The molecule has 0 saturated carbocycles. The van der Waals surface area contributed by atoms with Gasteiger partial charge in [0, 0.05) is 25.6 Å². The molecule has 126 valence electrons. The van der Waals surface area contributed by atoms with Gasteiger partial charge in [0.2, 0.25) is 0 Å². The average Bonchev–Trinajstić information content (AvgIpc) is 2.81. The molecule has 10 heteroatoms. The number of aryl methyl sites for hydroxylation is 1. The van der Waals surface area contributed by atoms with Gasteiger partial charge in [-0.05, 0) is 12.1 Å². The van der Waals surface area contributed by atoms with Crippen LogP contribution >= 0.6 is 0 Å². The summed E-state index contributed by atoms with van der Waals surface area (Å²) in [4.78, 5) is 3.88. The number of fused-ring (bicyclic) bond motifs is 1. The lowest BCUT2D eigenvalue weighted by molar-refractivity contribution is -0.284. The number of imidazole rings is 1. The monoisotopic (exact) mass is 338 g/mol. The SMILES string of the molecule is N=C(CN)c1nc(CCC(F)(F)C(F)(F)F)n2cc(F)ccc12. The van der Waals surface area contributed by atoms with Gasteiger partial charge in [-0.25, -0.2) is 9.37 Å². The van der Waals surface area contributed by atoms with Crippen LogP contribution in [0.2, 0.25) is 0 Å². The molecule has 0 fully saturated rings. The molecular weight excluding hydrogens is 326 g/mol. The van der Waals surface area contributed by atoms with Crippen molar-refractivity contribution in [2.24, 2.45) is 5.73 Å². The minimum Gasteiger partial charge on any atom is -0.325 e. The van der Waals surface area contributed by atoms with Crippen LogP contribution in [0.4, 0.5) is 26.3 Å². The summed E-state index contributed by atoms with van der Waals surface area (Å²) in [5, 5.41) is 7.66. The molecule has 0 bridgehead atoms. The lowest BCUT2D eigenvalue weighted by Crippen LogP contribution is -2.36. The number of hydrogen-bond donors (Lipinski definition) is 2. The highest BCUT2D eigenvalue weighted by Gasteiger charge is 2.56. The second-order valence-electron chi connectivity index (χ2n) is 4.86. The van der Waals surface area contributed by atoms with E-state index >= 15 is 0 Å². The highest BCUT2D eigenvalue weighted by Crippen LogP contribution is 2.38. The smallest absolute Gasteiger partial charge is 0.325 e. The standard InChI is InChI=1S/C13H12F6N4/c14-7-1-2-9-11(8(21)5-20)22-10(23(9)6-7)3-4-12(15,16)13(17,18)19/h1-2,6,21H,3-5,20H2. The minimum absolute atomic E-state index is 0.0258. The Hall–Kier alpha value is -2.10. The van der Waals surface area contributed by atoms with Crippen molar-refractivity contribution in [1.29, 1.82) is 5.41 Å². The molecule has 4 nitrogen and oxygen atoms in total. The molecule has 0 saturated heterocycles. The zero-order valence-electron chi connectivity index (χ0n) is 11.6. The third-order valence-electron chi connectivity index (χ3n) is 3.24. The van der Waals surface area contributed by atoms with Crippen molar-refractivity contribution in [3.63, 3.8) is 0 Å². The van der Waals surface area contributed by atoms with E-state index in [2.05, 4.69) is 4.98 Å². The van der Waals surface area contributed by atoms with Crippen LogP contribution < -0.4 is 5.73 Å². The highest BCUT2D eigenvalue weighted by atomic mass is 19.4. The molecule has 0 aliphatic heterocycles. The van der Waals surface area contributed by atoms with Crippen molar-refractivity contribution >= 4 is 11.2 Å². The Bertz CT molecular complexity index is 734. The Morgan fingerprint density at radius 1 is 1.22 bits per heavy atom. The van der Waals surface area contributed by atoms with Gasteiger partial charge in [0.1, 0.15) is 17.3 Å². The lowest BCUT2D eigenvalue weighted by Gasteiger charge is -2.18. The maximum atomic E-state index is 13.3. The summed E-state index contributed by atoms with van der Waals surface area (Å²) in [6.45, 7) is -0.206. The molecule has 3 N–H and O–H groups in total. The summed E-state index contributed by atoms with van der Waals surface area (Å²) in [6.07, 6.45) is -7.02. The molecule has 0 aromatic carbocycles. The van der Waals surface area contributed by atoms with Gasteiger partial charge in [-0.2, -0.15) is 22.0 Å². The molecule has 2 rings (SSSR count). The number of nitrogens with two attached hydrogens (primary N) is 1. The van der Waals surface area contributed by atoms with Gasteiger partial charge >= 0.3 is 12.1 Å². The first-order chi connectivity index (χ1) is 10.6. The first-order valence-electron chi connectivity index (χ1n) is 6.45. The molecule has 0 radical (unpaired) electrons. The number of halogens is 6. The summed E-state index contributed by atoms with van der Waals surface area (Å²) < 4.78 is 77.1. The number of nitrogens with one attached hydrogen (secondary N) is 1. The highest BCUT2D eigenvalue weighted by molar-refractivity contribution is 6.03. The third kappa shape index (κ3) is 3.31. The molecule has 2 aromatic heterocycles. The average molecular weight is 338 g/mol. The van der Waals surface area contributed by atoms with Crippen LogP contribution in [0.3, 0.4) is 0 Å². The van der Waals surface area contributed by atoms with Crippen molar-refractivity contribution in [2.45, 2.75) is 24.9 Å². The molecule has 0 amide bonds. The van der Waals surface area contributed by atoms with Crippen molar-refractivity contribution in [2.75, 3.05) is 6.54 Å². The quantitative estimate of drug-likeness (QED) is 0.650. The minimum atomic E-state index is -5.67. The second-order valence-corrected chi connectivity index (χ2v) is 4.86. The Morgan fingerprint density at radius 3 is 2.43 bits per heavy atom. The summed E-state index contributed by atoms with van der Waals surface area (Å²) in [6, 6.07) is 2.33. The van der Waals surface area contributed by atoms with Crippen molar-refractivity contribution in [3.8, 4) is 0 Å². The number of aromatic nitrogens is 2. The number of rotatable bonds is 5. The van der Waals surface area contributed by atoms with Crippen LogP contribution in [-0.4, -0.2) is 33.7 Å². The van der Waals surface area contributed by atoms with E-state index in [1.165, 1.54) is 6.07 Å². The van der Waals surface area contributed by atoms with Gasteiger partial charge in [0.15, 0.2) is 0 Å². The first kappa shape index (κ1) is 17.3. The topological polar surface area (TPSA) is 67.2 Å². The predicted molar refractivity (Wildman–Crippen MR) is 70.4 cm³/mol. The number of alkyl halides is 5. The molecule has 0 aliphatic rings. The van der Waals surface area contributed by atoms with Gasteiger partial charge in [-0.15, -0.1) is 0 Å². The number of hydrogen-bond acceptors (Lipinski definition) is 3. The van der Waals surface area contributed by atoms with Gasteiger partial charge in [0.05, 0.1) is 11.2 Å². The van der Waals surface area contributed by atoms with Crippen molar-refractivity contribution < 1.29 is 26.3 Å². The molecule has 0 atom stereocenters. The van der Waals surface area contributed by atoms with Crippen LogP contribution in [0, 0.1) is 11.2 Å². The normalized spacial score (nSPS) is 12.8. The molecule has 0 spiro atoms. The Morgan fingerprint density at radius 2 is 1.87 bits per heavy atom. The van der Waals surface area contributed by atoms with Crippen molar-refractivity contribution in [1.82, 2.24) is 9.38 Å². The van der Waals surface area contributed by atoms with Gasteiger partial charge in [-0.1, -0.05) is 0 Å². The van der Waals surface area contributed by atoms with Crippen LogP contribution in [0.25, 0.3) is 5.52 Å². The molecular formula is C13H12F6N4. The van der Waals surface area contributed by atoms with E-state index in [-0.39, 0.29) is 29.3 Å². The van der Waals surface area contributed by atoms with Gasteiger partial charge in [0.25, 0.3) is 0 Å². The zero-order valence-corrected chi connectivity index (χ0v) is 11.6. The fraction of sp³-hybridized carbons (Fsp3) is 0.385. The predicted octanol–water partition coefficient (Wildman–Crippen LogP) is 2.93. The van der Waals surface area contributed by atoms with Gasteiger partial charge < -0.3 is 15.5 Å². The van der Waals surface area contributed by atoms with E-state index in [1.807, 2.05) is 0 Å². The van der Waals surface area contributed by atoms with E-state index in [0.717, 1.165) is 16.7 Å². The van der Waals surface area contributed by atoms with Gasteiger partial charge in [-0.3, -0.25) is 0 Å². The molecule has 23 heavy (non-hydrogen) atoms. The van der Waals surface area contributed by atoms with E-state index in [4.69, 9.17) is 11.1 Å². The summed E-state index contributed by atoms with van der Waals surface area (Å²) >= 11 is 0. The lowest BCUT2D eigenvalue weighted by atomic mass is 10.1. The molecule has 2 heterocycles. The van der Waals surface area contributed by atoms with Crippen LogP contribution in [0.15, 0.2) is 18.3 Å². The number of pyridine rings is 1. The summed E-state index contributed by atoms with van der Waals surface area (Å²) in [5.41, 5.74) is 5.42. The molecule has 2 aromatic rings. The number of nitrogens with zero attached hydrogens (tertiary/aromatic N) is 2. The summed E-state index contributed by atoms with van der Waals surface area (Å²) in [7, 11) is 0. The zero-order chi connectivity index (χ0) is 17.4. The Balaban J connectivity index is 2.41. The Kier molecular flexibility index (Phi) is 4.38. The maximum absolute atomic E-state index is 13.3. The molecule has 0 aliphatic carbocycles. The van der Waals surface area contributed by atoms with Crippen LogP contribution in [-0.2, 0) is 6.42 Å². The Labute approximate surface area is 126 Å². The van der Waals surface area contributed by atoms with E-state index in [1.54, 1.807) is 0 Å². The molecule has 0 unspecified atom stereocenters. The fourth-order valence-corrected chi connectivity index (χ4v) is 2.03. The second kappa shape index (κ2) is 5.84. The van der Waals surface area contributed by atoms with E-state index in [9.17, 15) is 26.3 Å². The summed E-state index contributed by atoms with van der Waals surface area (Å²) in [5.74, 6) is -5.80. The van der Waals surface area contributed by atoms with E-state index in [0.29, 0.717) is 0 Å². The van der Waals surface area contributed by atoms with Crippen LogP contribution in [0.1, 0.15) is 17.9 Å². The largest absolute Gasteiger partial charge is 0.453 e. The van der Waals surface area contributed by atoms with Crippen LogP contribution in [0.5, 0.6) is 0 Å². The first-order valence-corrected chi connectivity index (χ1v) is 6.45.